The molecule has 1 heterocycles. The third-order valence-corrected chi connectivity index (χ3v) is 4.83. The van der Waals surface area contributed by atoms with E-state index in [4.69, 9.17) is 0 Å². The molecule has 1 aromatic heterocycles. The number of H-pyrrole nitrogens is 1. The maximum absolute atomic E-state index is 12.2. The summed E-state index contributed by atoms with van der Waals surface area (Å²) in [6.07, 6.45) is 1.88. The highest BCUT2D eigenvalue weighted by Gasteiger charge is 2.30. The average Bonchev–Trinajstić information content (AvgIpc) is 3.37. The molecule has 0 radical (unpaired) electrons. The normalized spacial score (nSPS) is 14.8. The zero-order valence-electron chi connectivity index (χ0n) is 13.7. The van der Waals surface area contributed by atoms with Crippen molar-refractivity contribution < 1.29 is 9.59 Å². The minimum Gasteiger partial charge on any atom is -0.334 e. The van der Waals surface area contributed by atoms with E-state index in [2.05, 4.69) is 20.8 Å². The van der Waals surface area contributed by atoms with Gasteiger partial charge in [-0.15, -0.1) is 5.10 Å². The van der Waals surface area contributed by atoms with Crippen LogP contribution in [0.3, 0.4) is 0 Å². The van der Waals surface area contributed by atoms with E-state index < -0.39 is 17.2 Å². The first-order valence-corrected chi connectivity index (χ1v) is 8.88. The van der Waals surface area contributed by atoms with Gasteiger partial charge in [-0.25, -0.2) is 14.7 Å². The van der Waals surface area contributed by atoms with Crippen molar-refractivity contribution in [1.29, 1.82) is 0 Å². The molecule has 132 valence electrons. The van der Waals surface area contributed by atoms with Gasteiger partial charge in [-0.05, 0) is 25.3 Å². The molecule has 3 N–H and O–H groups in total. The predicted molar refractivity (Wildman–Crippen MR) is 93.3 cm³/mol. The molecule has 25 heavy (non-hydrogen) atoms. The van der Waals surface area contributed by atoms with Gasteiger partial charge in [-0.1, -0.05) is 42.1 Å². The Morgan fingerprint density at radius 3 is 2.76 bits per heavy atom. The van der Waals surface area contributed by atoms with Crippen molar-refractivity contribution in [3.05, 3.63) is 46.4 Å². The van der Waals surface area contributed by atoms with Gasteiger partial charge in [0.25, 0.3) is 0 Å². The number of urea groups is 1. The SMILES string of the molecule is C[C@H](Sc1n[nH]c(=O)n1C1CC1)C(=O)NC(=O)NCc1ccccc1. The van der Waals surface area contributed by atoms with Crippen LogP contribution >= 0.6 is 11.8 Å². The minimum absolute atomic E-state index is 0.165. The smallest absolute Gasteiger partial charge is 0.334 e. The van der Waals surface area contributed by atoms with Crippen LogP contribution in [0.2, 0.25) is 0 Å². The number of carbonyl (C=O) groups excluding carboxylic acids is 2. The summed E-state index contributed by atoms with van der Waals surface area (Å²) in [6, 6.07) is 9.03. The summed E-state index contributed by atoms with van der Waals surface area (Å²) in [5, 5.41) is 11.2. The second-order valence-corrected chi connectivity index (χ2v) is 7.14. The van der Waals surface area contributed by atoms with Gasteiger partial charge in [-0.3, -0.25) is 14.7 Å². The number of amides is 3. The van der Waals surface area contributed by atoms with E-state index in [0.717, 1.165) is 30.2 Å². The lowest BCUT2D eigenvalue weighted by Gasteiger charge is -2.12. The fraction of sp³-hybridized carbons (Fsp3) is 0.375. The standard InChI is InChI=1S/C16H19N5O3S/c1-10(25-16-20-19-15(24)21(16)12-7-8-12)13(22)18-14(23)17-9-11-5-3-2-4-6-11/h2-6,10,12H,7-9H2,1H3,(H,19,24)(H2,17,18,22,23)/t10-/m0/s1. The molecule has 0 aliphatic heterocycles. The summed E-state index contributed by atoms with van der Waals surface area (Å²) in [7, 11) is 0. The van der Waals surface area contributed by atoms with Gasteiger partial charge in [-0.2, -0.15) is 0 Å². The lowest BCUT2D eigenvalue weighted by Crippen LogP contribution is -2.42. The van der Waals surface area contributed by atoms with Gasteiger partial charge in [0, 0.05) is 12.6 Å². The molecule has 1 saturated carbocycles. The quantitative estimate of drug-likeness (QED) is 0.674. The van der Waals surface area contributed by atoms with E-state index in [1.54, 1.807) is 11.5 Å². The fourth-order valence-electron chi connectivity index (χ4n) is 2.28. The molecule has 2 aromatic rings. The van der Waals surface area contributed by atoms with E-state index in [1.165, 1.54) is 0 Å². The molecule has 1 aliphatic carbocycles. The third-order valence-electron chi connectivity index (χ3n) is 3.77. The van der Waals surface area contributed by atoms with E-state index in [0.29, 0.717) is 11.7 Å². The van der Waals surface area contributed by atoms with Gasteiger partial charge in [0.1, 0.15) is 0 Å². The van der Waals surface area contributed by atoms with Gasteiger partial charge in [0.15, 0.2) is 5.16 Å². The molecule has 0 saturated heterocycles. The summed E-state index contributed by atoms with van der Waals surface area (Å²) in [6.45, 7) is 2.00. The van der Waals surface area contributed by atoms with Crippen LogP contribution in [0, 0.1) is 0 Å². The van der Waals surface area contributed by atoms with E-state index in [9.17, 15) is 14.4 Å². The third kappa shape index (κ3) is 4.50. The van der Waals surface area contributed by atoms with Crippen molar-refractivity contribution in [3.8, 4) is 0 Å². The molecule has 3 rings (SSSR count). The fourth-order valence-corrected chi connectivity index (χ4v) is 3.20. The van der Waals surface area contributed by atoms with Crippen LogP contribution in [0.4, 0.5) is 4.79 Å². The first-order valence-electron chi connectivity index (χ1n) is 8.01. The largest absolute Gasteiger partial charge is 0.344 e. The molecule has 1 aromatic carbocycles. The predicted octanol–water partition coefficient (Wildman–Crippen LogP) is 1.41. The molecule has 3 amide bonds. The van der Waals surface area contributed by atoms with Crippen molar-refractivity contribution >= 4 is 23.7 Å². The van der Waals surface area contributed by atoms with Gasteiger partial charge in [0.05, 0.1) is 5.25 Å². The van der Waals surface area contributed by atoms with Gasteiger partial charge >= 0.3 is 11.7 Å². The Hall–Kier alpha value is -2.55. The number of nitrogens with zero attached hydrogens (tertiary/aromatic N) is 2. The van der Waals surface area contributed by atoms with Gasteiger partial charge < -0.3 is 5.32 Å². The number of thioether (sulfide) groups is 1. The second-order valence-electron chi connectivity index (χ2n) is 5.83. The summed E-state index contributed by atoms with van der Waals surface area (Å²) < 4.78 is 1.57. The van der Waals surface area contributed by atoms with Crippen LogP contribution in [-0.4, -0.2) is 32.0 Å². The minimum atomic E-state index is -0.560. The number of aromatic amines is 1. The molecular formula is C16H19N5O3S. The van der Waals surface area contributed by atoms with Gasteiger partial charge in [0.2, 0.25) is 5.91 Å². The molecule has 0 spiro atoms. The molecule has 0 bridgehead atoms. The maximum atomic E-state index is 12.2. The van der Waals surface area contributed by atoms with Crippen LogP contribution < -0.4 is 16.3 Å². The van der Waals surface area contributed by atoms with E-state index in [-0.39, 0.29) is 11.7 Å². The number of imide groups is 1. The number of nitrogens with one attached hydrogen (secondary N) is 3. The van der Waals surface area contributed by atoms with Crippen LogP contribution in [0.5, 0.6) is 0 Å². The summed E-state index contributed by atoms with van der Waals surface area (Å²) in [5.41, 5.74) is 0.677. The van der Waals surface area contributed by atoms with Crippen molar-refractivity contribution in [2.75, 3.05) is 0 Å². The monoisotopic (exact) mass is 361 g/mol. The Balaban J connectivity index is 1.50. The lowest BCUT2D eigenvalue weighted by atomic mass is 10.2. The first kappa shape index (κ1) is 17.3. The number of hydrogen-bond acceptors (Lipinski definition) is 5. The highest BCUT2D eigenvalue weighted by molar-refractivity contribution is 8.00. The summed E-state index contributed by atoms with van der Waals surface area (Å²) >= 11 is 1.15. The number of benzene rings is 1. The molecule has 0 unspecified atom stereocenters. The molecule has 1 atom stereocenters. The van der Waals surface area contributed by atoms with Crippen molar-refractivity contribution in [3.63, 3.8) is 0 Å². The van der Waals surface area contributed by atoms with Crippen LogP contribution in [0.25, 0.3) is 0 Å². The molecule has 9 heteroatoms. The van der Waals surface area contributed by atoms with Crippen molar-refractivity contribution in [2.45, 2.75) is 42.8 Å². The van der Waals surface area contributed by atoms with Crippen molar-refractivity contribution in [1.82, 2.24) is 25.4 Å². The first-order chi connectivity index (χ1) is 12.0. The average molecular weight is 361 g/mol. The maximum Gasteiger partial charge on any atom is 0.344 e. The van der Waals surface area contributed by atoms with E-state index >= 15 is 0 Å². The van der Waals surface area contributed by atoms with Crippen LogP contribution in [0.15, 0.2) is 40.3 Å². The second kappa shape index (κ2) is 7.56. The lowest BCUT2D eigenvalue weighted by molar-refractivity contribution is -0.119. The van der Waals surface area contributed by atoms with Crippen LogP contribution in [-0.2, 0) is 11.3 Å². The van der Waals surface area contributed by atoms with Crippen LogP contribution in [0.1, 0.15) is 31.4 Å². The highest BCUT2D eigenvalue weighted by atomic mass is 32.2. The number of aromatic nitrogens is 3. The number of carbonyl (C=O) groups is 2. The number of hydrogen-bond donors (Lipinski definition) is 3. The molecule has 8 nitrogen and oxygen atoms in total. The zero-order chi connectivity index (χ0) is 17.8. The Bertz CT molecular complexity index is 813. The Morgan fingerprint density at radius 2 is 2.08 bits per heavy atom. The van der Waals surface area contributed by atoms with E-state index in [1.807, 2.05) is 30.3 Å². The summed E-state index contributed by atoms with van der Waals surface area (Å²) in [4.78, 5) is 35.7. The summed E-state index contributed by atoms with van der Waals surface area (Å²) in [5.74, 6) is -0.437. The number of rotatable bonds is 6. The zero-order valence-corrected chi connectivity index (χ0v) is 14.5. The highest BCUT2D eigenvalue weighted by Crippen LogP contribution is 2.36. The Morgan fingerprint density at radius 1 is 1.36 bits per heavy atom. The Labute approximate surface area is 148 Å². The molecule has 1 fully saturated rings. The Kier molecular flexibility index (Phi) is 5.22. The molecular weight excluding hydrogens is 342 g/mol. The topological polar surface area (TPSA) is 109 Å². The molecule has 1 aliphatic rings. The van der Waals surface area contributed by atoms with Crippen molar-refractivity contribution in [2.24, 2.45) is 0 Å².